The van der Waals surface area contributed by atoms with E-state index in [0.29, 0.717) is 46.4 Å². The highest BCUT2D eigenvalue weighted by Gasteiger charge is 2.23. The van der Waals surface area contributed by atoms with Crippen molar-refractivity contribution < 1.29 is 9.15 Å². The average molecular weight is 517 g/mol. The number of benzene rings is 3. The summed E-state index contributed by atoms with van der Waals surface area (Å²) in [5.41, 5.74) is 3.73. The minimum absolute atomic E-state index is 0.0621. The zero-order valence-corrected chi connectivity index (χ0v) is 19.3. The van der Waals surface area contributed by atoms with E-state index in [2.05, 4.69) is 20.8 Å². The van der Waals surface area contributed by atoms with Crippen LogP contribution in [0.1, 0.15) is 11.1 Å². The molecule has 1 aromatic heterocycles. The van der Waals surface area contributed by atoms with Crippen molar-refractivity contribution in [2.75, 3.05) is 6.73 Å². The van der Waals surface area contributed by atoms with E-state index in [0.717, 1.165) is 26.9 Å². The normalized spacial score (nSPS) is 13.8. The van der Waals surface area contributed by atoms with E-state index < -0.39 is 0 Å². The van der Waals surface area contributed by atoms with Gasteiger partial charge in [0, 0.05) is 17.6 Å². The number of ether oxygens (including phenoxy) is 1. The maximum atomic E-state index is 13.2. The number of halogens is 3. The van der Waals surface area contributed by atoms with Gasteiger partial charge in [0.05, 0.1) is 26.6 Å². The Morgan fingerprint density at radius 3 is 2.58 bits per heavy atom. The minimum atomic E-state index is -0.0621. The summed E-state index contributed by atoms with van der Waals surface area (Å²) in [5.74, 6) is 0.734. The molecule has 3 aromatic carbocycles. The first-order valence-corrected chi connectivity index (χ1v) is 11.2. The molecule has 0 saturated carbocycles. The van der Waals surface area contributed by atoms with Crippen LogP contribution in [0.4, 0.5) is 0 Å². The average Bonchev–Trinajstić information content (AvgIpc) is 2.77. The zero-order valence-electron chi connectivity index (χ0n) is 16.2. The van der Waals surface area contributed by atoms with Gasteiger partial charge in [-0.3, -0.25) is 9.69 Å². The molecule has 0 saturated heterocycles. The molecule has 0 aliphatic carbocycles. The molecule has 0 fully saturated rings. The molecule has 156 valence electrons. The zero-order chi connectivity index (χ0) is 21.5. The van der Waals surface area contributed by atoms with E-state index in [9.17, 15) is 4.79 Å². The second-order valence-corrected chi connectivity index (χ2v) is 9.14. The summed E-state index contributed by atoms with van der Waals surface area (Å²) in [6, 6.07) is 16.8. The fraction of sp³-hybridized carbons (Fsp3) is 0.125. The summed E-state index contributed by atoms with van der Waals surface area (Å²) >= 11 is 15.6. The van der Waals surface area contributed by atoms with E-state index in [1.54, 1.807) is 12.1 Å². The molecule has 2 heterocycles. The molecule has 0 amide bonds. The van der Waals surface area contributed by atoms with Crippen LogP contribution in [0, 0.1) is 0 Å². The summed E-state index contributed by atoms with van der Waals surface area (Å²) in [7, 11) is 0. The summed E-state index contributed by atoms with van der Waals surface area (Å²) in [6.07, 6.45) is 1.53. The standard InChI is InChI=1S/C24H16BrCl2NO3/c25-16-4-2-15(3-5-16)19-12-30-24-17(23(19)29)6-8-22-18(24)11-28(13-31-22)10-14-1-7-20(26)21(27)9-14/h1-9,12H,10-11,13H2. The third-order valence-electron chi connectivity index (χ3n) is 5.33. The Hall–Kier alpha value is -2.31. The number of rotatable bonds is 3. The molecule has 0 radical (unpaired) electrons. The highest BCUT2D eigenvalue weighted by atomic mass is 79.9. The Morgan fingerprint density at radius 2 is 1.81 bits per heavy atom. The van der Waals surface area contributed by atoms with E-state index in [-0.39, 0.29) is 5.43 Å². The van der Waals surface area contributed by atoms with Gasteiger partial charge in [0.25, 0.3) is 0 Å². The van der Waals surface area contributed by atoms with Gasteiger partial charge in [0.15, 0.2) is 0 Å². The second-order valence-electron chi connectivity index (χ2n) is 7.41. The van der Waals surface area contributed by atoms with Crippen LogP contribution in [0.15, 0.2) is 74.5 Å². The Kier molecular flexibility index (Phi) is 5.52. The predicted molar refractivity (Wildman–Crippen MR) is 127 cm³/mol. The Bertz CT molecular complexity index is 1350. The number of hydrogen-bond donors (Lipinski definition) is 0. The van der Waals surface area contributed by atoms with Crippen molar-refractivity contribution in [2.24, 2.45) is 0 Å². The Balaban J connectivity index is 1.50. The van der Waals surface area contributed by atoms with Crippen LogP contribution in [0.25, 0.3) is 22.1 Å². The summed E-state index contributed by atoms with van der Waals surface area (Å²) in [4.78, 5) is 15.3. The third-order valence-corrected chi connectivity index (χ3v) is 6.60. The van der Waals surface area contributed by atoms with Crippen molar-refractivity contribution in [3.63, 3.8) is 0 Å². The summed E-state index contributed by atoms with van der Waals surface area (Å²) in [6.45, 7) is 1.65. The van der Waals surface area contributed by atoms with Gasteiger partial charge in [0.2, 0.25) is 5.43 Å². The van der Waals surface area contributed by atoms with Gasteiger partial charge in [-0.2, -0.15) is 0 Å². The lowest BCUT2D eigenvalue weighted by atomic mass is 10.0. The van der Waals surface area contributed by atoms with Gasteiger partial charge in [-0.1, -0.05) is 57.3 Å². The van der Waals surface area contributed by atoms with Crippen molar-refractivity contribution in [1.82, 2.24) is 4.90 Å². The van der Waals surface area contributed by atoms with E-state index in [4.69, 9.17) is 32.4 Å². The second kappa shape index (κ2) is 8.32. The molecule has 0 bridgehead atoms. The highest BCUT2D eigenvalue weighted by molar-refractivity contribution is 9.10. The number of hydrogen-bond acceptors (Lipinski definition) is 4. The van der Waals surface area contributed by atoms with E-state index >= 15 is 0 Å². The van der Waals surface area contributed by atoms with Gasteiger partial charge in [-0.25, -0.2) is 0 Å². The van der Waals surface area contributed by atoms with Crippen molar-refractivity contribution in [3.05, 3.63) is 96.7 Å². The van der Waals surface area contributed by atoms with Gasteiger partial charge in [0.1, 0.15) is 24.3 Å². The van der Waals surface area contributed by atoms with Crippen LogP contribution in [0.3, 0.4) is 0 Å². The maximum Gasteiger partial charge on any atom is 0.200 e. The highest BCUT2D eigenvalue weighted by Crippen LogP contribution is 2.33. The van der Waals surface area contributed by atoms with Crippen molar-refractivity contribution in [2.45, 2.75) is 13.1 Å². The molecule has 4 aromatic rings. The molecule has 5 rings (SSSR count). The predicted octanol–water partition coefficient (Wildman–Crippen LogP) is 6.88. The van der Waals surface area contributed by atoms with Crippen molar-refractivity contribution >= 4 is 50.1 Å². The first-order valence-electron chi connectivity index (χ1n) is 9.62. The first kappa shape index (κ1) is 20.6. The summed E-state index contributed by atoms with van der Waals surface area (Å²) < 4.78 is 12.9. The van der Waals surface area contributed by atoms with Gasteiger partial charge >= 0.3 is 0 Å². The molecule has 4 nitrogen and oxygen atoms in total. The van der Waals surface area contributed by atoms with Crippen molar-refractivity contribution in [1.29, 1.82) is 0 Å². The topological polar surface area (TPSA) is 42.7 Å². The quantitative estimate of drug-likeness (QED) is 0.297. The molecule has 0 atom stereocenters. The molecule has 0 N–H and O–H groups in total. The molecule has 1 aliphatic heterocycles. The molecule has 1 aliphatic rings. The minimum Gasteiger partial charge on any atom is -0.478 e. The fourth-order valence-electron chi connectivity index (χ4n) is 3.78. The van der Waals surface area contributed by atoms with Crippen LogP contribution < -0.4 is 10.2 Å². The van der Waals surface area contributed by atoms with Crippen LogP contribution in [-0.4, -0.2) is 11.6 Å². The van der Waals surface area contributed by atoms with Crippen LogP contribution in [0.2, 0.25) is 10.0 Å². The largest absolute Gasteiger partial charge is 0.478 e. The Morgan fingerprint density at radius 1 is 1.00 bits per heavy atom. The lowest BCUT2D eigenvalue weighted by Crippen LogP contribution is -2.31. The number of nitrogens with zero attached hydrogens (tertiary/aromatic N) is 1. The number of fused-ring (bicyclic) bond motifs is 3. The Labute approximate surface area is 197 Å². The lowest BCUT2D eigenvalue weighted by Gasteiger charge is -2.29. The molecule has 0 spiro atoms. The monoisotopic (exact) mass is 515 g/mol. The smallest absolute Gasteiger partial charge is 0.200 e. The van der Waals surface area contributed by atoms with Crippen molar-refractivity contribution in [3.8, 4) is 16.9 Å². The van der Waals surface area contributed by atoms with Crippen LogP contribution >= 0.6 is 39.1 Å². The molecule has 7 heteroatoms. The third kappa shape index (κ3) is 3.99. The maximum absolute atomic E-state index is 13.2. The molecular weight excluding hydrogens is 501 g/mol. The SMILES string of the molecule is O=c1c(-c2ccc(Br)cc2)coc2c3c(ccc12)OCN(Cc1ccc(Cl)c(Cl)c1)C3. The van der Waals surface area contributed by atoms with Gasteiger partial charge in [-0.05, 0) is 47.5 Å². The first-order chi connectivity index (χ1) is 15.0. The lowest BCUT2D eigenvalue weighted by molar-refractivity contribution is 0.0890. The van der Waals surface area contributed by atoms with Crippen LogP contribution in [-0.2, 0) is 13.1 Å². The van der Waals surface area contributed by atoms with E-state index in [1.165, 1.54) is 6.26 Å². The van der Waals surface area contributed by atoms with Gasteiger partial charge in [-0.15, -0.1) is 0 Å². The van der Waals surface area contributed by atoms with Crippen LogP contribution in [0.5, 0.6) is 5.75 Å². The molecule has 0 unspecified atom stereocenters. The summed E-state index contributed by atoms with van der Waals surface area (Å²) in [5, 5.41) is 1.59. The van der Waals surface area contributed by atoms with E-state index in [1.807, 2.05) is 42.5 Å². The molecular formula is C24H16BrCl2NO3. The fourth-order valence-corrected chi connectivity index (χ4v) is 4.37. The van der Waals surface area contributed by atoms with Gasteiger partial charge < -0.3 is 9.15 Å². The molecule has 31 heavy (non-hydrogen) atoms.